The summed E-state index contributed by atoms with van der Waals surface area (Å²) in [5.74, 6) is 4.77. The number of rotatable bonds is 4. The first-order valence-corrected chi connectivity index (χ1v) is 6.77. The average Bonchev–Trinajstić information content (AvgIpc) is 2.36. The molecule has 0 spiro atoms. The van der Waals surface area contributed by atoms with E-state index in [9.17, 15) is 9.59 Å². The number of nitrogens with zero attached hydrogens (tertiary/aromatic N) is 1. The van der Waals surface area contributed by atoms with Gasteiger partial charge in [-0.3, -0.25) is 9.59 Å². The summed E-state index contributed by atoms with van der Waals surface area (Å²) < 4.78 is 0. The molecule has 0 fully saturated rings. The Morgan fingerprint density at radius 3 is 2.48 bits per heavy atom. The van der Waals surface area contributed by atoms with Gasteiger partial charge < -0.3 is 16.1 Å². The first-order chi connectivity index (χ1) is 9.64. The molecule has 0 saturated heterocycles. The van der Waals surface area contributed by atoms with Crippen LogP contribution in [0.25, 0.3) is 0 Å². The van der Waals surface area contributed by atoms with E-state index in [1.807, 2.05) is 20.8 Å². The van der Waals surface area contributed by atoms with Gasteiger partial charge in [0, 0.05) is 11.7 Å². The molecule has 1 atom stereocenters. The van der Waals surface area contributed by atoms with Crippen LogP contribution in [-0.4, -0.2) is 28.4 Å². The van der Waals surface area contributed by atoms with Crippen LogP contribution in [0.2, 0.25) is 5.02 Å². The number of halogens is 1. The van der Waals surface area contributed by atoms with E-state index in [-0.39, 0.29) is 27.9 Å². The lowest BCUT2D eigenvalue weighted by molar-refractivity contribution is -0.124. The fourth-order valence-electron chi connectivity index (χ4n) is 1.49. The Hall–Kier alpha value is -1.86. The van der Waals surface area contributed by atoms with Crippen LogP contribution < -0.4 is 21.9 Å². The quantitative estimate of drug-likeness (QED) is 0.491. The zero-order valence-corrected chi connectivity index (χ0v) is 13.2. The lowest BCUT2D eigenvalue weighted by Crippen LogP contribution is -2.50. The van der Waals surface area contributed by atoms with Gasteiger partial charge in [-0.15, -0.1) is 0 Å². The number of aromatic nitrogens is 1. The van der Waals surface area contributed by atoms with Gasteiger partial charge in [-0.1, -0.05) is 11.6 Å². The van der Waals surface area contributed by atoms with Crippen molar-refractivity contribution >= 4 is 29.2 Å². The van der Waals surface area contributed by atoms with Gasteiger partial charge in [-0.25, -0.2) is 10.8 Å². The number of nitrogen functional groups attached to an aromatic ring is 1. The molecule has 0 saturated carbocycles. The molecule has 1 rings (SSSR count). The SMILES string of the molecule is CC(NC(=O)c1cnc(NN)c(Cl)c1)C(=O)NC(C)(C)C. The number of anilines is 1. The maximum Gasteiger partial charge on any atom is 0.253 e. The lowest BCUT2D eigenvalue weighted by atomic mass is 10.1. The number of nitrogens with two attached hydrogens (primary N) is 1. The van der Waals surface area contributed by atoms with Crippen LogP contribution >= 0.6 is 11.6 Å². The fourth-order valence-corrected chi connectivity index (χ4v) is 1.71. The summed E-state index contributed by atoms with van der Waals surface area (Å²) in [5, 5.41) is 5.58. The topological polar surface area (TPSA) is 109 Å². The van der Waals surface area contributed by atoms with E-state index in [2.05, 4.69) is 21.0 Å². The summed E-state index contributed by atoms with van der Waals surface area (Å²) in [6.07, 6.45) is 1.32. The predicted molar refractivity (Wildman–Crippen MR) is 81.9 cm³/mol. The van der Waals surface area contributed by atoms with Crippen molar-refractivity contribution in [2.24, 2.45) is 5.84 Å². The van der Waals surface area contributed by atoms with E-state index >= 15 is 0 Å². The molecule has 21 heavy (non-hydrogen) atoms. The Kier molecular flexibility index (Phi) is 5.51. The van der Waals surface area contributed by atoms with Gasteiger partial charge in [-0.05, 0) is 33.8 Å². The van der Waals surface area contributed by atoms with Crippen molar-refractivity contribution in [1.82, 2.24) is 15.6 Å². The number of carbonyl (C=O) groups excluding carboxylic acids is 2. The molecule has 1 heterocycles. The number of carbonyl (C=O) groups is 2. The lowest BCUT2D eigenvalue weighted by Gasteiger charge is -2.23. The minimum Gasteiger partial charge on any atom is -0.350 e. The van der Waals surface area contributed by atoms with Crippen molar-refractivity contribution in [2.45, 2.75) is 39.3 Å². The first kappa shape index (κ1) is 17.2. The average molecular weight is 314 g/mol. The van der Waals surface area contributed by atoms with Gasteiger partial charge in [-0.2, -0.15) is 0 Å². The Labute approximate surface area is 128 Å². The normalized spacial score (nSPS) is 12.5. The van der Waals surface area contributed by atoms with E-state index in [1.165, 1.54) is 12.3 Å². The second-order valence-electron chi connectivity index (χ2n) is 5.63. The maximum absolute atomic E-state index is 12.0. The third-order valence-corrected chi connectivity index (χ3v) is 2.77. The minimum absolute atomic E-state index is 0.219. The van der Waals surface area contributed by atoms with Crippen molar-refractivity contribution in [1.29, 1.82) is 0 Å². The first-order valence-electron chi connectivity index (χ1n) is 6.39. The third kappa shape index (κ3) is 5.20. The second kappa shape index (κ2) is 6.73. The van der Waals surface area contributed by atoms with Crippen LogP contribution in [0.3, 0.4) is 0 Å². The van der Waals surface area contributed by atoms with Gasteiger partial charge in [0.2, 0.25) is 5.91 Å². The largest absolute Gasteiger partial charge is 0.350 e. The molecule has 2 amide bonds. The third-order valence-electron chi connectivity index (χ3n) is 2.48. The summed E-state index contributed by atoms with van der Waals surface area (Å²) in [7, 11) is 0. The molecule has 8 heteroatoms. The summed E-state index contributed by atoms with van der Waals surface area (Å²) in [5.41, 5.74) is 2.19. The molecule has 0 aliphatic rings. The Morgan fingerprint density at radius 1 is 1.38 bits per heavy atom. The fraction of sp³-hybridized carbons (Fsp3) is 0.462. The molecule has 0 bridgehead atoms. The van der Waals surface area contributed by atoms with Crippen molar-refractivity contribution in [2.75, 3.05) is 5.43 Å². The molecule has 7 nitrogen and oxygen atoms in total. The molecule has 116 valence electrons. The van der Waals surface area contributed by atoms with Crippen LogP contribution in [0.1, 0.15) is 38.1 Å². The highest BCUT2D eigenvalue weighted by Gasteiger charge is 2.21. The summed E-state index contributed by atoms with van der Waals surface area (Å²) in [4.78, 5) is 27.8. The second-order valence-corrected chi connectivity index (χ2v) is 6.04. The molecule has 0 aliphatic carbocycles. The van der Waals surface area contributed by atoms with Crippen LogP contribution in [0, 0.1) is 0 Å². The van der Waals surface area contributed by atoms with Crippen molar-refractivity contribution in [3.05, 3.63) is 22.8 Å². The van der Waals surface area contributed by atoms with E-state index in [0.717, 1.165) is 0 Å². The van der Waals surface area contributed by atoms with E-state index < -0.39 is 11.9 Å². The molecular formula is C13H20ClN5O2. The molecule has 1 unspecified atom stereocenters. The Balaban J connectivity index is 2.72. The maximum atomic E-state index is 12.0. The van der Waals surface area contributed by atoms with Gasteiger partial charge >= 0.3 is 0 Å². The van der Waals surface area contributed by atoms with Gasteiger partial charge in [0.05, 0.1) is 10.6 Å². The van der Waals surface area contributed by atoms with E-state index in [1.54, 1.807) is 6.92 Å². The molecule has 0 radical (unpaired) electrons. The van der Waals surface area contributed by atoms with E-state index in [0.29, 0.717) is 0 Å². The summed E-state index contributed by atoms with van der Waals surface area (Å²) in [6.45, 7) is 7.19. The van der Waals surface area contributed by atoms with Crippen LogP contribution in [0.4, 0.5) is 5.82 Å². The highest BCUT2D eigenvalue weighted by Crippen LogP contribution is 2.18. The van der Waals surface area contributed by atoms with Crippen LogP contribution in [-0.2, 0) is 4.79 Å². The summed E-state index contributed by atoms with van der Waals surface area (Å²) in [6, 6.07) is 0.746. The summed E-state index contributed by atoms with van der Waals surface area (Å²) >= 11 is 5.90. The molecule has 1 aromatic rings. The molecule has 0 aromatic carbocycles. The van der Waals surface area contributed by atoms with Gasteiger partial charge in [0.25, 0.3) is 5.91 Å². The monoisotopic (exact) mass is 313 g/mol. The standard InChI is InChI=1S/C13H20ClN5O2/c1-7(11(20)18-13(2,3)4)17-12(21)8-5-9(14)10(19-15)16-6-8/h5-7H,15H2,1-4H3,(H,16,19)(H,17,21)(H,18,20). The number of hydrazine groups is 1. The van der Waals surface area contributed by atoms with Crippen molar-refractivity contribution in [3.8, 4) is 0 Å². The number of pyridine rings is 1. The number of nitrogens with one attached hydrogen (secondary N) is 3. The van der Waals surface area contributed by atoms with Gasteiger partial charge in [0.1, 0.15) is 6.04 Å². The Bertz CT molecular complexity index is 542. The number of hydrogen-bond donors (Lipinski definition) is 4. The smallest absolute Gasteiger partial charge is 0.253 e. The zero-order chi connectivity index (χ0) is 16.2. The number of hydrogen-bond acceptors (Lipinski definition) is 5. The molecule has 0 aliphatic heterocycles. The molecular weight excluding hydrogens is 294 g/mol. The Morgan fingerprint density at radius 2 is 2.00 bits per heavy atom. The highest BCUT2D eigenvalue weighted by molar-refractivity contribution is 6.33. The van der Waals surface area contributed by atoms with Crippen LogP contribution in [0.15, 0.2) is 12.3 Å². The van der Waals surface area contributed by atoms with Crippen LogP contribution in [0.5, 0.6) is 0 Å². The highest BCUT2D eigenvalue weighted by atomic mass is 35.5. The molecule has 5 N–H and O–H groups in total. The number of amides is 2. The van der Waals surface area contributed by atoms with Crippen molar-refractivity contribution < 1.29 is 9.59 Å². The minimum atomic E-state index is -0.678. The molecule has 1 aromatic heterocycles. The zero-order valence-electron chi connectivity index (χ0n) is 12.5. The predicted octanol–water partition coefficient (Wildman–Crippen LogP) is 1.05. The van der Waals surface area contributed by atoms with E-state index in [4.69, 9.17) is 17.4 Å². The van der Waals surface area contributed by atoms with Gasteiger partial charge in [0.15, 0.2) is 5.82 Å². The van der Waals surface area contributed by atoms with Crippen molar-refractivity contribution in [3.63, 3.8) is 0 Å².